The van der Waals surface area contributed by atoms with E-state index in [2.05, 4.69) is 41.1 Å². The zero-order valence-corrected chi connectivity index (χ0v) is 16.7. The molecule has 1 fully saturated rings. The average Bonchev–Trinajstić information content (AvgIpc) is 2.63. The number of ether oxygens (including phenoxy) is 1. The first-order chi connectivity index (χ1) is 11.7. The van der Waals surface area contributed by atoms with Crippen LogP contribution in [-0.4, -0.2) is 67.4 Å². The third-order valence-electron chi connectivity index (χ3n) is 4.47. The number of nitrogens with zero attached hydrogens (tertiary/aromatic N) is 2. The second kappa shape index (κ2) is 11.4. The number of hydrogen-bond acceptors (Lipinski definition) is 4. The van der Waals surface area contributed by atoms with Crippen LogP contribution in [0.15, 0.2) is 54.6 Å². The molecule has 0 aliphatic carbocycles. The van der Waals surface area contributed by atoms with E-state index in [0.717, 1.165) is 31.9 Å². The minimum absolute atomic E-state index is 0. The van der Waals surface area contributed by atoms with E-state index in [1.165, 1.54) is 11.1 Å². The molecule has 0 amide bonds. The third-order valence-corrected chi connectivity index (χ3v) is 4.47. The molecular formula is C20H28Cl2N2O2. The van der Waals surface area contributed by atoms with Crippen LogP contribution in [-0.2, 0) is 0 Å². The van der Waals surface area contributed by atoms with Gasteiger partial charge in [-0.25, -0.2) is 0 Å². The number of rotatable bonds is 6. The topological polar surface area (TPSA) is 35.9 Å². The van der Waals surface area contributed by atoms with E-state index in [4.69, 9.17) is 4.74 Å². The maximum atomic E-state index is 10.2. The van der Waals surface area contributed by atoms with Gasteiger partial charge in [0.1, 0.15) is 18.5 Å². The van der Waals surface area contributed by atoms with E-state index in [9.17, 15) is 5.11 Å². The van der Waals surface area contributed by atoms with E-state index in [1.54, 1.807) is 0 Å². The maximum absolute atomic E-state index is 10.2. The molecule has 6 heteroatoms. The van der Waals surface area contributed by atoms with Crippen molar-refractivity contribution in [3.8, 4) is 16.9 Å². The minimum Gasteiger partial charge on any atom is -0.491 e. The van der Waals surface area contributed by atoms with E-state index in [-0.39, 0.29) is 24.8 Å². The summed E-state index contributed by atoms with van der Waals surface area (Å²) in [7, 11) is 2.13. The Hall–Kier alpha value is -1.30. The molecule has 0 spiro atoms. The average molecular weight is 399 g/mol. The number of likely N-dealkylation sites (N-methyl/N-ethyl adjacent to an activating group) is 1. The second-order valence-electron chi connectivity index (χ2n) is 6.46. The summed E-state index contributed by atoms with van der Waals surface area (Å²) < 4.78 is 5.73. The molecule has 144 valence electrons. The maximum Gasteiger partial charge on any atom is 0.119 e. The fourth-order valence-corrected chi connectivity index (χ4v) is 2.95. The number of aliphatic hydroxyl groups is 1. The Morgan fingerprint density at radius 3 is 2.08 bits per heavy atom. The first kappa shape index (κ1) is 22.7. The number of halogens is 2. The molecule has 1 aliphatic rings. The number of benzene rings is 2. The van der Waals surface area contributed by atoms with Gasteiger partial charge in [0.05, 0.1) is 0 Å². The monoisotopic (exact) mass is 398 g/mol. The Bertz CT molecular complexity index is 617. The third kappa shape index (κ3) is 6.78. The van der Waals surface area contributed by atoms with Gasteiger partial charge in [-0.3, -0.25) is 4.90 Å². The molecule has 1 heterocycles. The Labute approximate surface area is 168 Å². The number of aliphatic hydroxyl groups excluding tert-OH is 1. The van der Waals surface area contributed by atoms with Crippen molar-refractivity contribution in [3.05, 3.63) is 54.6 Å². The van der Waals surface area contributed by atoms with Gasteiger partial charge in [-0.1, -0.05) is 42.5 Å². The molecule has 1 N–H and O–H groups in total. The molecule has 1 aliphatic heterocycles. The van der Waals surface area contributed by atoms with Crippen LogP contribution in [0.2, 0.25) is 0 Å². The zero-order chi connectivity index (χ0) is 16.8. The van der Waals surface area contributed by atoms with Crippen molar-refractivity contribution in [1.29, 1.82) is 0 Å². The summed E-state index contributed by atoms with van der Waals surface area (Å²) in [5.74, 6) is 0.798. The van der Waals surface area contributed by atoms with Gasteiger partial charge in [0.25, 0.3) is 0 Å². The number of hydrogen-bond donors (Lipinski definition) is 1. The number of β-amino-alcohol motifs (C(OH)–C–C–N with tert-alkyl or cyclic N) is 1. The Morgan fingerprint density at radius 2 is 1.46 bits per heavy atom. The van der Waals surface area contributed by atoms with Crippen LogP contribution in [0.1, 0.15) is 0 Å². The van der Waals surface area contributed by atoms with E-state index in [0.29, 0.717) is 13.2 Å². The summed E-state index contributed by atoms with van der Waals surface area (Å²) in [6.45, 7) is 5.16. The predicted octanol–water partition coefficient (Wildman–Crippen LogP) is 3.18. The van der Waals surface area contributed by atoms with Crippen LogP contribution in [0.3, 0.4) is 0 Å². The largest absolute Gasteiger partial charge is 0.491 e. The highest BCUT2D eigenvalue weighted by molar-refractivity contribution is 5.85. The van der Waals surface area contributed by atoms with E-state index in [1.807, 2.05) is 30.3 Å². The zero-order valence-electron chi connectivity index (χ0n) is 15.1. The fraction of sp³-hybridized carbons (Fsp3) is 0.400. The molecule has 4 nitrogen and oxygen atoms in total. The van der Waals surface area contributed by atoms with Crippen molar-refractivity contribution in [2.75, 3.05) is 46.4 Å². The molecule has 2 aromatic rings. The summed E-state index contributed by atoms with van der Waals surface area (Å²) in [5, 5.41) is 10.2. The van der Waals surface area contributed by atoms with Crippen LogP contribution in [0.25, 0.3) is 11.1 Å². The van der Waals surface area contributed by atoms with Crippen molar-refractivity contribution >= 4 is 24.8 Å². The Kier molecular flexibility index (Phi) is 9.99. The SMILES string of the molecule is CN1CCN(CC(O)COc2ccc(-c3ccccc3)cc2)CC1.Cl.Cl. The smallest absolute Gasteiger partial charge is 0.119 e. The molecule has 0 saturated carbocycles. The minimum atomic E-state index is -0.456. The lowest BCUT2D eigenvalue weighted by Gasteiger charge is -2.33. The molecule has 1 saturated heterocycles. The van der Waals surface area contributed by atoms with Crippen molar-refractivity contribution in [3.63, 3.8) is 0 Å². The van der Waals surface area contributed by atoms with Crippen molar-refractivity contribution in [1.82, 2.24) is 9.80 Å². The van der Waals surface area contributed by atoms with Gasteiger partial charge in [-0.05, 0) is 30.3 Å². The highest BCUT2D eigenvalue weighted by Crippen LogP contribution is 2.22. The van der Waals surface area contributed by atoms with Gasteiger partial charge in [0, 0.05) is 32.7 Å². The fourth-order valence-electron chi connectivity index (χ4n) is 2.95. The highest BCUT2D eigenvalue weighted by atomic mass is 35.5. The summed E-state index contributed by atoms with van der Waals surface area (Å²) >= 11 is 0. The van der Waals surface area contributed by atoms with Crippen LogP contribution in [0.5, 0.6) is 5.75 Å². The van der Waals surface area contributed by atoms with Gasteiger partial charge < -0.3 is 14.7 Å². The Morgan fingerprint density at radius 1 is 0.885 bits per heavy atom. The van der Waals surface area contributed by atoms with Gasteiger partial charge in [-0.15, -0.1) is 24.8 Å². The second-order valence-corrected chi connectivity index (χ2v) is 6.46. The van der Waals surface area contributed by atoms with E-state index >= 15 is 0 Å². The van der Waals surface area contributed by atoms with Gasteiger partial charge in [0.2, 0.25) is 0 Å². The summed E-state index contributed by atoms with van der Waals surface area (Å²) in [6, 6.07) is 18.3. The van der Waals surface area contributed by atoms with Crippen LogP contribution >= 0.6 is 24.8 Å². The van der Waals surface area contributed by atoms with E-state index < -0.39 is 6.10 Å². The summed E-state index contributed by atoms with van der Waals surface area (Å²) in [6.07, 6.45) is -0.456. The molecular weight excluding hydrogens is 371 g/mol. The van der Waals surface area contributed by atoms with Crippen LogP contribution < -0.4 is 4.74 Å². The van der Waals surface area contributed by atoms with Crippen molar-refractivity contribution in [2.45, 2.75) is 6.10 Å². The molecule has 0 bridgehead atoms. The first-order valence-electron chi connectivity index (χ1n) is 8.58. The summed E-state index contributed by atoms with van der Waals surface area (Å²) in [5.41, 5.74) is 2.36. The molecule has 0 aromatic heterocycles. The Balaban J connectivity index is 0.00000169. The first-order valence-corrected chi connectivity index (χ1v) is 8.58. The highest BCUT2D eigenvalue weighted by Gasteiger charge is 2.17. The van der Waals surface area contributed by atoms with Crippen molar-refractivity contribution < 1.29 is 9.84 Å². The molecule has 26 heavy (non-hydrogen) atoms. The lowest BCUT2D eigenvalue weighted by atomic mass is 10.1. The lowest BCUT2D eigenvalue weighted by Crippen LogP contribution is -2.47. The molecule has 0 radical (unpaired) electrons. The van der Waals surface area contributed by atoms with Gasteiger partial charge >= 0.3 is 0 Å². The molecule has 3 rings (SSSR count). The molecule has 1 unspecified atom stereocenters. The van der Waals surface area contributed by atoms with Gasteiger partial charge in [0.15, 0.2) is 0 Å². The standard InChI is InChI=1S/C20H26N2O2.2ClH/c1-21-11-13-22(14-12-21)15-19(23)16-24-20-9-7-18(8-10-20)17-5-3-2-4-6-17;;/h2-10,19,23H,11-16H2,1H3;2*1H. The lowest BCUT2D eigenvalue weighted by molar-refractivity contribution is 0.0505. The van der Waals surface area contributed by atoms with Crippen LogP contribution in [0, 0.1) is 0 Å². The quantitative estimate of drug-likeness (QED) is 0.810. The predicted molar refractivity (Wildman–Crippen MR) is 112 cm³/mol. The summed E-state index contributed by atoms with van der Waals surface area (Å²) in [4.78, 5) is 4.61. The molecule has 2 aromatic carbocycles. The molecule has 1 atom stereocenters. The van der Waals surface area contributed by atoms with Gasteiger partial charge in [-0.2, -0.15) is 0 Å². The number of piperazine rings is 1. The normalized spacial score (nSPS) is 16.2. The van der Waals surface area contributed by atoms with Crippen molar-refractivity contribution in [2.24, 2.45) is 0 Å². The van der Waals surface area contributed by atoms with Crippen LogP contribution in [0.4, 0.5) is 0 Å².